The van der Waals surface area contributed by atoms with E-state index in [1.807, 2.05) is 19.9 Å². The molecule has 1 aromatic rings. The zero-order chi connectivity index (χ0) is 7.56. The number of hydrogen-bond acceptors (Lipinski definition) is 1. The van der Waals surface area contributed by atoms with E-state index in [9.17, 15) is 0 Å². The van der Waals surface area contributed by atoms with Gasteiger partial charge in [0.1, 0.15) is 0 Å². The second-order valence-corrected chi connectivity index (χ2v) is 2.44. The molecule has 1 rings (SSSR count). The van der Waals surface area contributed by atoms with Gasteiger partial charge in [0.2, 0.25) is 0 Å². The highest BCUT2D eigenvalue weighted by molar-refractivity contribution is 5.33. The fourth-order valence-corrected chi connectivity index (χ4v) is 0.713. The van der Waals surface area contributed by atoms with Crippen LogP contribution in [0.2, 0.25) is 0 Å². The van der Waals surface area contributed by atoms with Gasteiger partial charge in [-0.05, 0) is 12.1 Å². The molecule has 1 heterocycles. The van der Waals surface area contributed by atoms with Crippen LogP contribution in [-0.4, -0.2) is 0 Å². The summed E-state index contributed by atoms with van der Waals surface area (Å²) in [6.07, 6.45) is 0. The molecule has 0 atom stereocenters. The van der Waals surface area contributed by atoms with Crippen molar-refractivity contribution in [3.63, 3.8) is 0 Å². The summed E-state index contributed by atoms with van der Waals surface area (Å²) in [4.78, 5) is 3.16. The molecule has 0 N–H and O–H groups in total. The monoisotopic (exact) mass is 135 g/mol. The molecule has 0 amide bonds. The summed E-state index contributed by atoms with van der Waals surface area (Å²) in [5.74, 6) is 1.63. The van der Waals surface area contributed by atoms with Gasteiger partial charge in [-0.25, -0.2) is 0 Å². The van der Waals surface area contributed by atoms with Crippen molar-refractivity contribution in [1.82, 2.24) is 0 Å². The van der Waals surface area contributed by atoms with Crippen molar-refractivity contribution >= 4 is 5.88 Å². The summed E-state index contributed by atoms with van der Waals surface area (Å²) in [5, 5.41) is 0. The summed E-state index contributed by atoms with van der Waals surface area (Å²) in [7, 11) is 0. The van der Waals surface area contributed by atoms with Gasteiger partial charge < -0.3 is 4.42 Å². The van der Waals surface area contributed by atoms with Gasteiger partial charge in [0.15, 0.2) is 0 Å². The predicted octanol–water partition coefficient (Wildman–Crippen LogP) is 2.95. The second kappa shape index (κ2) is 2.57. The van der Waals surface area contributed by atoms with Crippen LogP contribution in [0.5, 0.6) is 0 Å². The highest BCUT2D eigenvalue weighted by atomic mass is 16.4. The minimum Gasteiger partial charge on any atom is -0.484 e. The van der Waals surface area contributed by atoms with Crippen molar-refractivity contribution in [3.8, 4) is 0 Å². The lowest BCUT2D eigenvalue weighted by Gasteiger charge is -1.96. The van der Waals surface area contributed by atoms with Crippen LogP contribution in [0.4, 0.5) is 5.88 Å². The molecule has 2 nitrogen and oxygen atoms in total. The fraction of sp³-hybridized carbons (Fsp3) is 0.375. The Morgan fingerprint density at radius 2 is 2.20 bits per heavy atom. The van der Waals surface area contributed by atoms with Gasteiger partial charge in [-0.15, -0.1) is 0 Å². The molecule has 0 saturated carbocycles. The third-order valence-electron chi connectivity index (χ3n) is 1.29. The van der Waals surface area contributed by atoms with Crippen molar-refractivity contribution in [2.45, 2.75) is 19.8 Å². The summed E-state index contributed by atoms with van der Waals surface area (Å²) in [6, 6.07) is 3.54. The zero-order valence-corrected chi connectivity index (χ0v) is 6.09. The third-order valence-corrected chi connectivity index (χ3v) is 1.29. The van der Waals surface area contributed by atoms with Crippen molar-refractivity contribution < 1.29 is 4.42 Å². The zero-order valence-electron chi connectivity index (χ0n) is 6.09. The van der Waals surface area contributed by atoms with Crippen LogP contribution in [0.1, 0.15) is 25.5 Å². The van der Waals surface area contributed by atoms with Gasteiger partial charge in [0, 0.05) is 5.92 Å². The number of nitrogens with zero attached hydrogens (tertiary/aromatic N) is 1. The Hall–Kier alpha value is -1.23. The van der Waals surface area contributed by atoms with Gasteiger partial charge in [-0.3, -0.25) is 0 Å². The minimum atomic E-state index is 0.371. The van der Waals surface area contributed by atoms with Crippen LogP contribution in [0.25, 0.3) is 4.85 Å². The van der Waals surface area contributed by atoms with E-state index in [4.69, 9.17) is 11.0 Å². The Morgan fingerprint density at radius 3 is 2.50 bits per heavy atom. The lowest BCUT2D eigenvalue weighted by Crippen LogP contribution is -1.79. The standard InChI is InChI=1S/C8H9NO/c1-6(2)7-4-5-8(9-3)10-7/h4-6H,1-2H3. The average molecular weight is 135 g/mol. The highest BCUT2D eigenvalue weighted by Crippen LogP contribution is 2.22. The maximum absolute atomic E-state index is 6.63. The van der Waals surface area contributed by atoms with Crippen LogP contribution in [-0.2, 0) is 0 Å². The first-order valence-corrected chi connectivity index (χ1v) is 3.21. The van der Waals surface area contributed by atoms with Crippen LogP contribution in [0.3, 0.4) is 0 Å². The molecule has 0 fully saturated rings. The largest absolute Gasteiger partial charge is 0.484 e. The Morgan fingerprint density at radius 1 is 1.50 bits per heavy atom. The molecule has 0 aliphatic heterocycles. The molecule has 0 radical (unpaired) electrons. The second-order valence-electron chi connectivity index (χ2n) is 2.44. The number of hydrogen-bond donors (Lipinski definition) is 0. The molecule has 0 aliphatic rings. The van der Waals surface area contributed by atoms with Crippen LogP contribution >= 0.6 is 0 Å². The van der Waals surface area contributed by atoms with Crippen LogP contribution in [0.15, 0.2) is 16.5 Å². The van der Waals surface area contributed by atoms with E-state index < -0.39 is 0 Å². The number of rotatable bonds is 1. The molecule has 0 spiro atoms. The number of furan rings is 1. The fourth-order valence-electron chi connectivity index (χ4n) is 0.713. The molecule has 0 unspecified atom stereocenters. The summed E-state index contributed by atoms with van der Waals surface area (Å²) in [6.45, 7) is 10.7. The van der Waals surface area contributed by atoms with Crippen molar-refractivity contribution in [2.24, 2.45) is 0 Å². The molecule has 0 aliphatic carbocycles. The highest BCUT2D eigenvalue weighted by Gasteiger charge is 2.03. The Kier molecular flexibility index (Phi) is 1.77. The van der Waals surface area contributed by atoms with Gasteiger partial charge in [0.25, 0.3) is 0 Å². The normalized spacial score (nSPS) is 9.80. The molecule has 2 heteroatoms. The molecule has 0 aromatic carbocycles. The first kappa shape index (κ1) is 6.88. The van der Waals surface area contributed by atoms with E-state index in [1.54, 1.807) is 6.07 Å². The minimum absolute atomic E-state index is 0.371. The summed E-state index contributed by atoms with van der Waals surface area (Å²) >= 11 is 0. The maximum Gasteiger partial charge on any atom is 0.345 e. The van der Waals surface area contributed by atoms with Gasteiger partial charge in [-0.1, -0.05) is 13.8 Å². The first-order chi connectivity index (χ1) is 4.74. The van der Waals surface area contributed by atoms with E-state index in [0.29, 0.717) is 11.8 Å². The van der Waals surface area contributed by atoms with E-state index in [-0.39, 0.29) is 0 Å². The molecule has 10 heavy (non-hydrogen) atoms. The van der Waals surface area contributed by atoms with Crippen LogP contribution in [0, 0.1) is 6.57 Å². The molecular weight excluding hydrogens is 126 g/mol. The predicted molar refractivity (Wildman–Crippen MR) is 39.1 cm³/mol. The molecule has 1 aromatic heterocycles. The Balaban J connectivity index is 2.91. The molecular formula is C8H9NO. The molecule has 52 valence electrons. The van der Waals surface area contributed by atoms with Gasteiger partial charge in [0.05, 0.1) is 12.3 Å². The van der Waals surface area contributed by atoms with Gasteiger partial charge in [-0.2, -0.15) is 4.85 Å². The lowest BCUT2D eigenvalue weighted by atomic mass is 10.2. The molecule has 0 bridgehead atoms. The lowest BCUT2D eigenvalue weighted by molar-refractivity contribution is 0.505. The van der Waals surface area contributed by atoms with E-state index in [0.717, 1.165) is 5.76 Å². The third kappa shape index (κ3) is 1.19. The Bertz CT molecular complexity index is 254. The van der Waals surface area contributed by atoms with Crippen LogP contribution < -0.4 is 0 Å². The average Bonchev–Trinajstić information content (AvgIpc) is 2.34. The first-order valence-electron chi connectivity index (χ1n) is 3.21. The Labute approximate surface area is 60.3 Å². The molecule has 0 saturated heterocycles. The maximum atomic E-state index is 6.63. The van der Waals surface area contributed by atoms with Crippen molar-refractivity contribution in [3.05, 3.63) is 29.3 Å². The quantitative estimate of drug-likeness (QED) is 0.541. The van der Waals surface area contributed by atoms with Gasteiger partial charge >= 0.3 is 5.88 Å². The van der Waals surface area contributed by atoms with E-state index >= 15 is 0 Å². The van der Waals surface area contributed by atoms with E-state index in [1.165, 1.54) is 0 Å². The van der Waals surface area contributed by atoms with E-state index in [2.05, 4.69) is 4.85 Å². The smallest absolute Gasteiger partial charge is 0.345 e. The van der Waals surface area contributed by atoms with Crippen molar-refractivity contribution in [2.75, 3.05) is 0 Å². The summed E-state index contributed by atoms with van der Waals surface area (Å²) < 4.78 is 5.14. The van der Waals surface area contributed by atoms with Crippen molar-refractivity contribution in [1.29, 1.82) is 0 Å². The summed E-state index contributed by atoms with van der Waals surface area (Å²) in [5.41, 5.74) is 0. The topological polar surface area (TPSA) is 17.5 Å². The SMILES string of the molecule is [C-]#[N+]c1ccc(C(C)C)o1.